The van der Waals surface area contributed by atoms with Gasteiger partial charge in [0.15, 0.2) is 0 Å². The molecule has 1 aromatic rings. The van der Waals surface area contributed by atoms with E-state index in [0.717, 1.165) is 54.7 Å². The van der Waals surface area contributed by atoms with Crippen molar-refractivity contribution in [3.63, 3.8) is 0 Å². The second-order valence-corrected chi connectivity index (χ2v) is 7.48. The van der Waals surface area contributed by atoms with Gasteiger partial charge < -0.3 is 15.2 Å². The summed E-state index contributed by atoms with van der Waals surface area (Å²) in [4.78, 5) is 14.6. The minimum Gasteiger partial charge on any atom is -0.371 e. The quantitative estimate of drug-likeness (QED) is 0.540. The first kappa shape index (κ1) is 22.6. The number of nitrogens with one attached hydrogen (secondary N) is 1. The largest absolute Gasteiger partial charge is 0.371 e. The van der Waals surface area contributed by atoms with Crippen molar-refractivity contribution in [2.24, 2.45) is 11.8 Å². The van der Waals surface area contributed by atoms with E-state index in [4.69, 9.17) is 17.4 Å². The smallest absolute Gasteiger partial charge is 0.222 e. The molecule has 1 aliphatic rings. The first-order valence-corrected chi connectivity index (χ1v) is 9.97. The van der Waals surface area contributed by atoms with Crippen LogP contribution < -0.4 is 16.2 Å². The highest BCUT2D eigenvalue weighted by atomic mass is 35.5. The minimum absolute atomic E-state index is 0.292. The molecule has 1 heterocycles. The Morgan fingerprint density at radius 3 is 2.50 bits per heavy atom. The molecule has 26 heavy (non-hydrogen) atoms. The topological polar surface area (TPSA) is 61.6 Å². The molecule has 5 nitrogen and oxygen atoms in total. The summed E-state index contributed by atoms with van der Waals surface area (Å²) in [6.07, 6.45) is 4.23. The van der Waals surface area contributed by atoms with Crippen LogP contribution in [0.25, 0.3) is 0 Å². The number of hydrazine groups is 1. The van der Waals surface area contributed by atoms with Crippen molar-refractivity contribution in [2.75, 3.05) is 37.0 Å². The predicted octanol–water partition coefficient (Wildman–Crippen LogP) is 4.44. The molecule has 1 atom stereocenters. The van der Waals surface area contributed by atoms with E-state index in [2.05, 4.69) is 38.0 Å². The summed E-state index contributed by atoms with van der Waals surface area (Å²) in [6, 6.07) is 3.89. The molecule has 0 spiro atoms. The van der Waals surface area contributed by atoms with Gasteiger partial charge in [-0.15, -0.1) is 0 Å². The molecule has 1 aliphatic heterocycles. The Labute approximate surface area is 163 Å². The van der Waals surface area contributed by atoms with Gasteiger partial charge in [0.05, 0.1) is 5.69 Å². The van der Waals surface area contributed by atoms with Crippen LogP contribution in [0.2, 0.25) is 5.02 Å². The second kappa shape index (κ2) is 11.3. The van der Waals surface area contributed by atoms with Gasteiger partial charge in [-0.2, -0.15) is 0 Å². The van der Waals surface area contributed by atoms with Gasteiger partial charge >= 0.3 is 0 Å². The highest BCUT2D eigenvalue weighted by molar-refractivity contribution is 6.31. The molecule has 1 fully saturated rings. The molecule has 148 valence electrons. The molecule has 0 bridgehead atoms. The Hall–Kier alpha value is -1.46. The number of carbonyl (C=O) groups is 1. The van der Waals surface area contributed by atoms with Gasteiger partial charge in [0.1, 0.15) is 0 Å². The highest BCUT2D eigenvalue weighted by Crippen LogP contribution is 2.31. The van der Waals surface area contributed by atoms with Crippen LogP contribution in [-0.2, 0) is 4.79 Å². The molecule has 2 rings (SSSR count). The second-order valence-electron chi connectivity index (χ2n) is 7.04. The van der Waals surface area contributed by atoms with Crippen LogP contribution in [0.15, 0.2) is 12.1 Å². The van der Waals surface area contributed by atoms with Crippen LogP contribution in [0, 0.1) is 12.8 Å². The fourth-order valence-corrected chi connectivity index (χ4v) is 3.17. The lowest BCUT2D eigenvalue weighted by Crippen LogP contribution is -2.26. The molecule has 1 aromatic carbocycles. The Bertz CT molecular complexity index is 579. The molecule has 3 N–H and O–H groups in total. The lowest BCUT2D eigenvalue weighted by atomic mass is 10.0. The zero-order valence-electron chi connectivity index (χ0n) is 16.9. The number of hydrogen-bond donors (Lipinski definition) is 2. The van der Waals surface area contributed by atoms with Crippen molar-refractivity contribution in [1.29, 1.82) is 0 Å². The summed E-state index contributed by atoms with van der Waals surface area (Å²) in [7, 11) is 1.84. The van der Waals surface area contributed by atoms with Crippen LogP contribution in [0.4, 0.5) is 11.4 Å². The third kappa shape index (κ3) is 6.69. The van der Waals surface area contributed by atoms with Crippen molar-refractivity contribution < 1.29 is 4.79 Å². The Morgan fingerprint density at radius 2 is 2.08 bits per heavy atom. The summed E-state index contributed by atoms with van der Waals surface area (Å²) in [5, 5.41) is 0.718. The Morgan fingerprint density at radius 1 is 1.38 bits per heavy atom. The van der Waals surface area contributed by atoms with Crippen LogP contribution in [-0.4, -0.2) is 37.5 Å². The summed E-state index contributed by atoms with van der Waals surface area (Å²) in [5.74, 6) is 6.59. The van der Waals surface area contributed by atoms with Crippen molar-refractivity contribution in [3.8, 4) is 0 Å². The van der Waals surface area contributed by atoms with E-state index in [0.29, 0.717) is 5.91 Å². The number of nitrogens with two attached hydrogens (primary N) is 1. The number of rotatable bonds is 7. The predicted molar refractivity (Wildman–Crippen MR) is 113 cm³/mol. The van der Waals surface area contributed by atoms with E-state index in [1.807, 2.05) is 19.2 Å². The van der Waals surface area contributed by atoms with Crippen LogP contribution in [0.1, 0.15) is 52.0 Å². The average Bonchev–Trinajstić information content (AvgIpc) is 3.01. The fourth-order valence-electron chi connectivity index (χ4n) is 2.96. The normalized spacial score (nSPS) is 14.7. The SMILES string of the molecule is CCC(C)CCN(CC)c1cc(Cl)cc(NN)c1C.CN1CCCC1=O. The molecule has 1 saturated heterocycles. The molecular weight excluding hydrogens is 348 g/mol. The molecule has 0 radical (unpaired) electrons. The van der Waals surface area contributed by atoms with E-state index < -0.39 is 0 Å². The maximum atomic E-state index is 10.5. The number of nitrogen functional groups attached to an aromatic ring is 1. The summed E-state index contributed by atoms with van der Waals surface area (Å²) in [6.45, 7) is 11.8. The highest BCUT2D eigenvalue weighted by Gasteiger charge is 2.14. The number of anilines is 2. The molecule has 1 unspecified atom stereocenters. The van der Waals surface area contributed by atoms with Gasteiger partial charge in [-0.05, 0) is 50.3 Å². The third-order valence-corrected chi connectivity index (χ3v) is 5.34. The number of carbonyl (C=O) groups excluding carboxylic acids is 1. The van der Waals surface area contributed by atoms with Crippen LogP contribution in [0.3, 0.4) is 0 Å². The van der Waals surface area contributed by atoms with Crippen LogP contribution >= 0.6 is 11.6 Å². The number of benzene rings is 1. The zero-order chi connectivity index (χ0) is 19.7. The first-order chi connectivity index (χ1) is 12.3. The van der Waals surface area contributed by atoms with Gasteiger partial charge in [-0.1, -0.05) is 31.9 Å². The summed E-state index contributed by atoms with van der Waals surface area (Å²) >= 11 is 6.17. The molecular formula is C20H35ClN4O. The Kier molecular flexibility index (Phi) is 9.81. The standard InChI is InChI=1S/C15H26ClN3.C5H9NO/c1-5-11(3)7-8-19(6-2)15-10-13(16)9-14(18-17)12(15)4;1-6-4-2-3-5(6)7/h9-11,18H,5-8,17H2,1-4H3;2-4H2,1H3. The van der Waals surface area contributed by atoms with Gasteiger partial charge in [0.2, 0.25) is 5.91 Å². The number of nitrogens with zero attached hydrogens (tertiary/aromatic N) is 2. The number of hydrogen-bond acceptors (Lipinski definition) is 4. The lowest BCUT2D eigenvalue weighted by Gasteiger charge is -2.27. The average molecular weight is 383 g/mol. The zero-order valence-corrected chi connectivity index (χ0v) is 17.7. The summed E-state index contributed by atoms with van der Waals surface area (Å²) < 4.78 is 0. The number of amides is 1. The van der Waals surface area contributed by atoms with E-state index in [1.54, 1.807) is 4.90 Å². The first-order valence-electron chi connectivity index (χ1n) is 9.59. The molecule has 0 aliphatic carbocycles. The third-order valence-electron chi connectivity index (χ3n) is 5.12. The number of halogens is 1. The van der Waals surface area contributed by atoms with Gasteiger partial charge in [-0.25, -0.2) is 0 Å². The molecule has 0 aromatic heterocycles. The van der Waals surface area contributed by atoms with Gasteiger partial charge in [0, 0.05) is 43.8 Å². The maximum Gasteiger partial charge on any atom is 0.222 e. The van der Waals surface area contributed by atoms with Gasteiger partial charge in [-0.3, -0.25) is 10.6 Å². The lowest BCUT2D eigenvalue weighted by molar-refractivity contribution is -0.126. The summed E-state index contributed by atoms with van der Waals surface area (Å²) in [5.41, 5.74) is 5.94. The van der Waals surface area contributed by atoms with E-state index in [9.17, 15) is 4.79 Å². The van der Waals surface area contributed by atoms with Crippen LogP contribution in [0.5, 0.6) is 0 Å². The van der Waals surface area contributed by atoms with E-state index in [1.165, 1.54) is 18.5 Å². The fraction of sp³-hybridized carbons (Fsp3) is 0.650. The van der Waals surface area contributed by atoms with Gasteiger partial charge in [0.25, 0.3) is 0 Å². The number of likely N-dealkylation sites (tertiary alicyclic amines) is 1. The van der Waals surface area contributed by atoms with Crippen molar-refractivity contribution >= 4 is 28.9 Å². The Balaban J connectivity index is 0.000000401. The van der Waals surface area contributed by atoms with E-state index >= 15 is 0 Å². The van der Waals surface area contributed by atoms with Crippen molar-refractivity contribution in [3.05, 3.63) is 22.7 Å². The van der Waals surface area contributed by atoms with Crippen molar-refractivity contribution in [2.45, 2.75) is 53.4 Å². The maximum absolute atomic E-state index is 10.5. The molecule has 6 heteroatoms. The van der Waals surface area contributed by atoms with E-state index in [-0.39, 0.29) is 0 Å². The minimum atomic E-state index is 0.292. The molecule has 0 saturated carbocycles. The monoisotopic (exact) mass is 382 g/mol. The van der Waals surface area contributed by atoms with Crippen molar-refractivity contribution in [1.82, 2.24) is 4.90 Å². The molecule has 1 amide bonds.